The Bertz CT molecular complexity index is 1630. The number of rotatable bonds is 14. The molecule has 0 aliphatic carbocycles. The van der Waals surface area contributed by atoms with Gasteiger partial charge < -0.3 is 34.1 Å². The molecule has 12 nitrogen and oxygen atoms in total. The molecule has 0 aliphatic rings. The molecule has 1 aromatic heterocycles. The van der Waals surface area contributed by atoms with Crippen molar-refractivity contribution in [3.63, 3.8) is 0 Å². The smallest absolute Gasteiger partial charge is 0.410 e. The third kappa shape index (κ3) is 11.6. The van der Waals surface area contributed by atoms with Crippen LogP contribution in [0.25, 0.3) is 0 Å². The molecule has 288 valence electrons. The first-order valence-electron chi connectivity index (χ1n) is 17.7. The van der Waals surface area contributed by atoms with E-state index in [1.165, 1.54) is 0 Å². The lowest BCUT2D eigenvalue weighted by Crippen LogP contribution is -2.45. The summed E-state index contributed by atoms with van der Waals surface area (Å²) >= 11 is 0. The number of aromatic nitrogens is 2. The molecule has 0 fully saturated rings. The highest BCUT2D eigenvalue weighted by atomic mass is 28.4. The zero-order valence-corrected chi connectivity index (χ0v) is 35.5. The van der Waals surface area contributed by atoms with E-state index in [4.69, 9.17) is 24.1 Å². The van der Waals surface area contributed by atoms with Crippen molar-refractivity contribution in [2.24, 2.45) is 5.73 Å². The Balaban J connectivity index is 1.89. The van der Waals surface area contributed by atoms with Crippen LogP contribution in [0.5, 0.6) is 17.2 Å². The lowest BCUT2D eigenvalue weighted by atomic mass is 10.0. The number of ether oxygens (including phenoxy) is 2. The van der Waals surface area contributed by atoms with Gasteiger partial charge in [-0.25, -0.2) is 9.42 Å². The van der Waals surface area contributed by atoms with Gasteiger partial charge in [0.2, 0.25) is 16.6 Å². The molecule has 0 unspecified atom stereocenters. The number of nitrogens with zero attached hydrogens (tertiary/aromatic N) is 3. The minimum Gasteiger partial charge on any atom is -0.543 e. The van der Waals surface area contributed by atoms with Crippen LogP contribution in [-0.2, 0) is 17.8 Å². The maximum atomic E-state index is 13.7. The van der Waals surface area contributed by atoms with Crippen LogP contribution in [0.1, 0.15) is 103 Å². The topological polar surface area (TPSA) is 159 Å². The SMILES string of the molecule is C[C@H](Cc1ccc(OCc2nonc2C(N)=O)cc1)N(C[C@H](O)c1cc(O[Si](C)(C)C(C)(C)C)cc(O[Si](C)(C)C(C)(C)C)c1)C(=O)OC(C)(C)C. The summed E-state index contributed by atoms with van der Waals surface area (Å²) in [6.07, 6.45) is -1.12. The summed E-state index contributed by atoms with van der Waals surface area (Å²) in [6.45, 7) is 29.1. The Morgan fingerprint density at radius 1 is 0.846 bits per heavy atom. The quantitative estimate of drug-likeness (QED) is 0.153. The minimum atomic E-state index is -2.24. The minimum absolute atomic E-state index is 0.0196. The molecule has 0 radical (unpaired) electrons. The van der Waals surface area contributed by atoms with Crippen molar-refractivity contribution in [3.8, 4) is 17.2 Å². The summed E-state index contributed by atoms with van der Waals surface area (Å²) in [5.74, 6) is 1.06. The number of nitrogens with two attached hydrogens (primary N) is 1. The van der Waals surface area contributed by atoms with Gasteiger partial charge in [0.05, 0.1) is 12.6 Å². The van der Waals surface area contributed by atoms with E-state index in [1.807, 2.05) is 58.0 Å². The summed E-state index contributed by atoms with van der Waals surface area (Å²) in [5.41, 5.74) is 6.20. The molecule has 0 bridgehead atoms. The Hall–Kier alpha value is -3.89. The third-order valence-electron chi connectivity index (χ3n) is 9.80. The number of aliphatic hydroxyl groups excluding tert-OH is 1. The van der Waals surface area contributed by atoms with Crippen LogP contribution in [-0.4, -0.2) is 67.1 Å². The summed E-state index contributed by atoms with van der Waals surface area (Å²) in [5, 5.41) is 19.0. The number of amides is 2. The second-order valence-electron chi connectivity index (χ2n) is 17.5. The summed E-state index contributed by atoms with van der Waals surface area (Å²) in [7, 11) is -4.48. The number of carbonyl (C=O) groups excluding carboxylic acids is 2. The molecule has 0 aliphatic heterocycles. The van der Waals surface area contributed by atoms with E-state index in [2.05, 4.69) is 82.7 Å². The van der Waals surface area contributed by atoms with Gasteiger partial charge in [0.1, 0.15) is 29.5 Å². The number of hydrogen-bond acceptors (Lipinski definition) is 10. The normalized spacial score (nSPS) is 14.0. The van der Waals surface area contributed by atoms with Gasteiger partial charge in [-0.3, -0.25) is 4.79 Å². The van der Waals surface area contributed by atoms with Crippen LogP contribution < -0.4 is 19.3 Å². The number of carbonyl (C=O) groups is 2. The van der Waals surface area contributed by atoms with Crippen LogP contribution in [0.2, 0.25) is 36.3 Å². The number of hydrogen-bond donors (Lipinski definition) is 2. The summed E-state index contributed by atoms with van der Waals surface area (Å²) in [4.78, 5) is 26.8. The molecule has 3 rings (SSSR count). The van der Waals surface area contributed by atoms with Crippen molar-refractivity contribution < 1.29 is 37.7 Å². The Kier molecular flexibility index (Phi) is 13.1. The highest BCUT2D eigenvalue weighted by Crippen LogP contribution is 2.41. The monoisotopic (exact) mass is 756 g/mol. The molecule has 0 saturated heterocycles. The van der Waals surface area contributed by atoms with Crippen LogP contribution in [0.15, 0.2) is 47.1 Å². The standard InChI is InChI=1S/C38H60N4O8Si2/c1-25(19-26-15-17-28(18-16-26)46-24-31-33(34(39)44)41-50-40-31)42(35(45)47-36(2,3)4)23-32(43)27-20-29(48-51(11,12)37(5,6)7)22-30(21-27)49-52(13,14)38(8,9)10/h15-18,20-22,25,32,43H,19,23-24H2,1-14H3,(H2,39,44)/t25-,32+/m1/s1. The fraction of sp³-hybridized carbons (Fsp3) is 0.579. The van der Waals surface area contributed by atoms with E-state index >= 15 is 0 Å². The molecule has 0 spiro atoms. The zero-order chi connectivity index (χ0) is 39.4. The van der Waals surface area contributed by atoms with Crippen LogP contribution in [0, 0.1) is 0 Å². The average Bonchev–Trinajstić information content (AvgIpc) is 3.46. The first kappa shape index (κ1) is 42.5. The molecule has 2 amide bonds. The molecule has 14 heteroatoms. The van der Waals surface area contributed by atoms with Gasteiger partial charge in [-0.15, -0.1) is 0 Å². The highest BCUT2D eigenvalue weighted by Gasteiger charge is 2.41. The molecule has 0 saturated carbocycles. The molecule has 3 N–H and O–H groups in total. The van der Waals surface area contributed by atoms with Gasteiger partial charge in [-0.1, -0.05) is 58.8 Å². The molecule has 3 aromatic rings. The Morgan fingerprint density at radius 3 is 1.83 bits per heavy atom. The van der Waals surface area contributed by atoms with Crippen molar-refractivity contribution in [1.82, 2.24) is 15.2 Å². The van der Waals surface area contributed by atoms with E-state index in [1.54, 1.807) is 17.0 Å². The zero-order valence-electron chi connectivity index (χ0n) is 33.5. The maximum Gasteiger partial charge on any atom is 0.410 e. The molecule has 1 heterocycles. The molecule has 2 atom stereocenters. The second kappa shape index (κ2) is 16.0. The number of aliphatic hydroxyl groups is 1. The van der Waals surface area contributed by atoms with Crippen LogP contribution in [0.3, 0.4) is 0 Å². The van der Waals surface area contributed by atoms with Crippen molar-refractivity contribution in [2.45, 2.75) is 136 Å². The van der Waals surface area contributed by atoms with E-state index < -0.39 is 40.3 Å². The van der Waals surface area contributed by atoms with E-state index in [0.717, 1.165) is 5.56 Å². The summed E-state index contributed by atoms with van der Waals surface area (Å²) < 4.78 is 29.6. The molecule has 52 heavy (non-hydrogen) atoms. The van der Waals surface area contributed by atoms with Crippen LogP contribution in [0.4, 0.5) is 4.79 Å². The van der Waals surface area contributed by atoms with E-state index in [-0.39, 0.29) is 40.7 Å². The van der Waals surface area contributed by atoms with E-state index in [9.17, 15) is 14.7 Å². The van der Waals surface area contributed by atoms with Crippen LogP contribution >= 0.6 is 0 Å². The molecule has 2 aromatic carbocycles. The van der Waals surface area contributed by atoms with Crippen molar-refractivity contribution >= 4 is 28.6 Å². The Labute approximate surface area is 311 Å². The largest absolute Gasteiger partial charge is 0.543 e. The molecular weight excluding hydrogens is 697 g/mol. The lowest BCUT2D eigenvalue weighted by molar-refractivity contribution is 0.00545. The first-order chi connectivity index (χ1) is 23.7. The first-order valence-corrected chi connectivity index (χ1v) is 23.5. The highest BCUT2D eigenvalue weighted by molar-refractivity contribution is 6.75. The molecular formula is C38H60N4O8Si2. The van der Waals surface area contributed by atoms with Gasteiger partial charge in [0, 0.05) is 12.1 Å². The fourth-order valence-corrected chi connectivity index (χ4v) is 6.69. The average molecular weight is 757 g/mol. The number of primary amides is 1. The Morgan fingerprint density at radius 2 is 1.37 bits per heavy atom. The van der Waals surface area contributed by atoms with Gasteiger partial charge in [-0.2, -0.15) is 0 Å². The third-order valence-corrected chi connectivity index (χ3v) is 18.5. The fourth-order valence-electron chi connectivity index (χ4n) is 4.66. The van der Waals surface area contributed by atoms with Gasteiger partial charge in [0.15, 0.2) is 11.4 Å². The van der Waals surface area contributed by atoms with Crippen molar-refractivity contribution in [3.05, 3.63) is 65.0 Å². The predicted molar refractivity (Wildman–Crippen MR) is 207 cm³/mol. The van der Waals surface area contributed by atoms with Crippen molar-refractivity contribution in [2.75, 3.05) is 6.54 Å². The van der Waals surface area contributed by atoms with Gasteiger partial charge in [-0.05, 0) is 111 Å². The predicted octanol–water partition coefficient (Wildman–Crippen LogP) is 8.42. The number of benzene rings is 2. The van der Waals surface area contributed by atoms with Gasteiger partial charge >= 0.3 is 6.09 Å². The van der Waals surface area contributed by atoms with E-state index in [0.29, 0.717) is 29.2 Å². The second-order valence-corrected chi connectivity index (χ2v) is 27.0. The van der Waals surface area contributed by atoms with Crippen molar-refractivity contribution in [1.29, 1.82) is 0 Å². The lowest BCUT2D eigenvalue weighted by Gasteiger charge is -2.38. The summed E-state index contributed by atoms with van der Waals surface area (Å²) in [6, 6.07) is 12.6. The maximum absolute atomic E-state index is 13.7. The van der Waals surface area contributed by atoms with Gasteiger partial charge in [0.25, 0.3) is 5.91 Å².